The Morgan fingerprint density at radius 3 is 2.67 bits per heavy atom. The normalized spacial score (nSPS) is 22.3. The molecule has 1 saturated heterocycles. The molecule has 0 radical (unpaired) electrons. The lowest BCUT2D eigenvalue weighted by Gasteiger charge is -2.06. The van der Waals surface area contributed by atoms with E-state index in [1.165, 1.54) is 0 Å². The zero-order valence-electron chi connectivity index (χ0n) is 5.20. The molecule has 1 rings (SSSR count). The van der Waals surface area contributed by atoms with Gasteiger partial charge in [-0.2, -0.15) is 5.10 Å². The summed E-state index contributed by atoms with van der Waals surface area (Å²) >= 11 is 1.70. The lowest BCUT2D eigenvalue weighted by Crippen LogP contribution is -2.19. The smallest absolute Gasteiger partial charge is 0.182 e. The van der Waals surface area contributed by atoms with Gasteiger partial charge in [0.05, 0.1) is 0 Å². The van der Waals surface area contributed by atoms with Crippen molar-refractivity contribution in [1.29, 1.82) is 0 Å². The number of nitrogens with two attached hydrogens (primary N) is 1. The van der Waals surface area contributed by atoms with Crippen LogP contribution in [-0.4, -0.2) is 29.4 Å². The van der Waals surface area contributed by atoms with Gasteiger partial charge in [0.25, 0.3) is 0 Å². The number of halogens is 1. The molecule has 0 aromatic carbocycles. The Balaban J connectivity index is 0.000000640. The summed E-state index contributed by atoms with van der Waals surface area (Å²) < 4.78 is 0. The Hall–Kier alpha value is -0.0900. The Morgan fingerprint density at radius 1 is 1.78 bits per heavy atom. The van der Waals surface area contributed by atoms with Crippen molar-refractivity contribution in [1.82, 2.24) is 4.90 Å². The van der Waals surface area contributed by atoms with Gasteiger partial charge in [0.15, 0.2) is 5.17 Å². The van der Waals surface area contributed by atoms with Crippen molar-refractivity contribution in [3.05, 3.63) is 0 Å². The van der Waals surface area contributed by atoms with Gasteiger partial charge >= 0.3 is 0 Å². The average molecular weight is 168 g/mol. The van der Waals surface area contributed by atoms with Gasteiger partial charge in [-0.25, -0.2) is 0 Å². The summed E-state index contributed by atoms with van der Waals surface area (Å²) in [5.74, 6) is 6.17. The molecule has 0 saturated carbocycles. The third-order valence-electron chi connectivity index (χ3n) is 1.09. The minimum absolute atomic E-state index is 0. The Bertz CT molecular complexity index is 116. The highest BCUT2D eigenvalue weighted by atomic mass is 35.5. The molecule has 0 aromatic rings. The molecule has 1 aliphatic heterocycles. The molecule has 3 nitrogen and oxygen atoms in total. The van der Waals surface area contributed by atoms with Crippen molar-refractivity contribution in [3.63, 3.8) is 0 Å². The Kier molecular flexibility index (Phi) is 3.81. The summed E-state index contributed by atoms with van der Waals surface area (Å²) in [6.45, 7) is 1.07. The second-order valence-corrected chi connectivity index (χ2v) is 2.74. The number of hydrogen-bond acceptors (Lipinski definition) is 3. The molecule has 1 fully saturated rings. The van der Waals surface area contributed by atoms with Gasteiger partial charge in [0.1, 0.15) is 0 Å². The SMILES string of the molecule is CN1CCSC1=NN.Cl. The predicted molar refractivity (Wildman–Crippen MR) is 44.0 cm³/mol. The minimum Gasteiger partial charge on any atom is -0.352 e. The molecule has 0 bridgehead atoms. The fourth-order valence-corrected chi connectivity index (χ4v) is 1.55. The molecule has 54 valence electrons. The summed E-state index contributed by atoms with van der Waals surface area (Å²) in [6, 6.07) is 0. The summed E-state index contributed by atoms with van der Waals surface area (Å²) in [4.78, 5) is 2.05. The van der Waals surface area contributed by atoms with Gasteiger partial charge < -0.3 is 10.7 Å². The van der Waals surface area contributed by atoms with Crippen molar-refractivity contribution in [3.8, 4) is 0 Å². The first kappa shape index (κ1) is 8.91. The van der Waals surface area contributed by atoms with Gasteiger partial charge in [0, 0.05) is 19.3 Å². The number of rotatable bonds is 0. The monoisotopic (exact) mass is 167 g/mol. The van der Waals surface area contributed by atoms with Crippen LogP contribution in [0.2, 0.25) is 0 Å². The first-order valence-corrected chi connectivity index (χ1v) is 3.45. The lowest BCUT2D eigenvalue weighted by atomic mass is 10.7. The second kappa shape index (κ2) is 3.85. The van der Waals surface area contributed by atoms with E-state index < -0.39 is 0 Å². The van der Waals surface area contributed by atoms with Crippen LogP contribution < -0.4 is 5.84 Å². The molecule has 1 aliphatic rings. The fourth-order valence-electron chi connectivity index (χ4n) is 0.616. The van der Waals surface area contributed by atoms with Gasteiger partial charge in [0.2, 0.25) is 0 Å². The van der Waals surface area contributed by atoms with Gasteiger partial charge in [-0.15, -0.1) is 12.4 Å². The van der Waals surface area contributed by atoms with Crippen molar-refractivity contribution in [2.24, 2.45) is 10.9 Å². The van der Waals surface area contributed by atoms with E-state index in [1.54, 1.807) is 11.8 Å². The first-order valence-electron chi connectivity index (χ1n) is 2.46. The summed E-state index contributed by atoms with van der Waals surface area (Å²) in [6.07, 6.45) is 0. The highest BCUT2D eigenvalue weighted by Gasteiger charge is 2.13. The minimum atomic E-state index is 0. The molecule has 1 heterocycles. The van der Waals surface area contributed by atoms with Gasteiger partial charge in [-0.3, -0.25) is 0 Å². The van der Waals surface area contributed by atoms with E-state index >= 15 is 0 Å². The molecule has 0 atom stereocenters. The molecule has 0 aliphatic carbocycles. The van der Waals surface area contributed by atoms with Crippen LogP contribution in [0.4, 0.5) is 0 Å². The van der Waals surface area contributed by atoms with Crippen molar-refractivity contribution < 1.29 is 0 Å². The third-order valence-corrected chi connectivity index (χ3v) is 2.16. The Labute approximate surface area is 65.1 Å². The van der Waals surface area contributed by atoms with E-state index in [0.29, 0.717) is 0 Å². The van der Waals surface area contributed by atoms with Crippen LogP contribution in [0.15, 0.2) is 5.10 Å². The first-order chi connectivity index (χ1) is 3.84. The molecule has 0 unspecified atom stereocenters. The fraction of sp³-hybridized carbons (Fsp3) is 0.750. The van der Waals surface area contributed by atoms with Crippen molar-refractivity contribution in [2.45, 2.75) is 0 Å². The highest BCUT2D eigenvalue weighted by molar-refractivity contribution is 8.14. The van der Waals surface area contributed by atoms with E-state index in [-0.39, 0.29) is 12.4 Å². The van der Waals surface area contributed by atoms with Crippen LogP contribution >= 0.6 is 24.2 Å². The van der Waals surface area contributed by atoms with E-state index in [2.05, 4.69) is 5.10 Å². The number of hydrazone groups is 1. The lowest BCUT2D eigenvalue weighted by molar-refractivity contribution is 0.561. The molecular formula is C4H10ClN3S. The van der Waals surface area contributed by atoms with Crippen LogP contribution in [0.3, 0.4) is 0 Å². The zero-order valence-corrected chi connectivity index (χ0v) is 6.84. The standard InChI is InChI=1S/C4H9N3S.ClH/c1-7-2-3-8-4(7)6-5;/h2-3,5H2,1H3;1H. The molecule has 2 N–H and O–H groups in total. The summed E-state index contributed by atoms with van der Waals surface area (Å²) in [5, 5.41) is 4.52. The summed E-state index contributed by atoms with van der Waals surface area (Å²) in [5.41, 5.74) is 0. The third kappa shape index (κ3) is 1.95. The molecule has 5 heteroatoms. The van der Waals surface area contributed by atoms with E-state index in [4.69, 9.17) is 5.84 Å². The second-order valence-electron chi connectivity index (χ2n) is 1.68. The van der Waals surface area contributed by atoms with Crippen molar-refractivity contribution in [2.75, 3.05) is 19.3 Å². The van der Waals surface area contributed by atoms with Gasteiger partial charge in [-0.05, 0) is 0 Å². The highest BCUT2D eigenvalue weighted by Crippen LogP contribution is 2.13. The quantitative estimate of drug-likeness (QED) is 0.417. The predicted octanol–water partition coefficient (Wildman–Crippen LogP) is 0.317. The maximum absolute atomic E-state index is 5.05. The largest absolute Gasteiger partial charge is 0.352 e. The topological polar surface area (TPSA) is 41.6 Å². The van der Waals surface area contributed by atoms with Crippen molar-refractivity contribution >= 4 is 29.3 Å². The van der Waals surface area contributed by atoms with Crippen LogP contribution in [-0.2, 0) is 0 Å². The van der Waals surface area contributed by atoms with E-state index in [1.807, 2.05) is 11.9 Å². The maximum atomic E-state index is 5.05. The van der Waals surface area contributed by atoms with E-state index in [0.717, 1.165) is 17.5 Å². The average Bonchev–Trinajstić information content (AvgIpc) is 2.14. The van der Waals surface area contributed by atoms with Crippen LogP contribution in [0, 0.1) is 0 Å². The maximum Gasteiger partial charge on any atom is 0.182 e. The van der Waals surface area contributed by atoms with Crippen LogP contribution in [0.25, 0.3) is 0 Å². The van der Waals surface area contributed by atoms with Gasteiger partial charge in [-0.1, -0.05) is 11.8 Å². The number of amidine groups is 1. The molecule has 0 amide bonds. The zero-order chi connectivity index (χ0) is 5.98. The molecule has 0 aromatic heterocycles. The Morgan fingerprint density at radius 2 is 2.44 bits per heavy atom. The number of nitrogens with zero attached hydrogens (tertiary/aromatic N) is 2. The summed E-state index contributed by atoms with van der Waals surface area (Å²) in [7, 11) is 1.99. The number of thioether (sulfide) groups is 1. The molecular weight excluding hydrogens is 158 g/mol. The van der Waals surface area contributed by atoms with E-state index in [9.17, 15) is 0 Å². The number of hydrogen-bond donors (Lipinski definition) is 1. The van der Waals surface area contributed by atoms with Crippen LogP contribution in [0.1, 0.15) is 0 Å². The van der Waals surface area contributed by atoms with Crippen LogP contribution in [0.5, 0.6) is 0 Å². The molecule has 0 spiro atoms. The molecule has 9 heavy (non-hydrogen) atoms.